The first-order valence-corrected chi connectivity index (χ1v) is 7.84. The zero-order valence-electron chi connectivity index (χ0n) is 12.0. The normalized spacial score (nSPS) is 16.6. The molecule has 1 amide bonds. The van der Waals surface area contributed by atoms with Crippen molar-refractivity contribution < 1.29 is 19.4 Å². The molecule has 1 aliphatic heterocycles. The molecule has 1 fully saturated rings. The molecule has 1 aromatic carbocycles. The fourth-order valence-corrected chi connectivity index (χ4v) is 3.53. The zero-order chi connectivity index (χ0) is 16.6. The Hall–Kier alpha value is -2.32. The lowest BCUT2D eigenvalue weighted by atomic mass is 10.1. The highest BCUT2D eigenvalue weighted by Gasteiger charge is 2.33. The molecule has 0 radical (unpaired) electrons. The summed E-state index contributed by atoms with van der Waals surface area (Å²) >= 11 is 6.18. The SMILES string of the molecule is COc1ccc2[nH]cc(/C=C3\SC(=S)N(CC(=O)O)C3=O)c2c1. The summed E-state index contributed by atoms with van der Waals surface area (Å²) in [5.74, 6) is -0.774. The van der Waals surface area contributed by atoms with Gasteiger partial charge in [0, 0.05) is 22.7 Å². The second-order valence-corrected chi connectivity index (χ2v) is 6.49. The van der Waals surface area contributed by atoms with Crippen molar-refractivity contribution >= 4 is 57.2 Å². The summed E-state index contributed by atoms with van der Waals surface area (Å²) in [4.78, 5) is 27.7. The lowest BCUT2D eigenvalue weighted by Gasteiger charge is -2.10. The number of methoxy groups -OCH3 is 1. The van der Waals surface area contributed by atoms with Gasteiger partial charge in [0.2, 0.25) is 0 Å². The number of rotatable bonds is 4. The number of aliphatic carboxylic acids is 1. The second-order valence-electron chi connectivity index (χ2n) is 4.82. The Kier molecular flexibility index (Phi) is 4.10. The van der Waals surface area contributed by atoms with Gasteiger partial charge in [-0.1, -0.05) is 24.0 Å². The van der Waals surface area contributed by atoms with E-state index in [4.69, 9.17) is 22.1 Å². The molecule has 2 aromatic rings. The molecule has 0 bridgehead atoms. The van der Waals surface area contributed by atoms with E-state index in [1.807, 2.05) is 18.2 Å². The number of carboxylic acids is 1. The second kappa shape index (κ2) is 6.05. The molecule has 2 heterocycles. The van der Waals surface area contributed by atoms with Crippen LogP contribution in [0.25, 0.3) is 17.0 Å². The maximum atomic E-state index is 12.3. The number of carbonyl (C=O) groups is 2. The van der Waals surface area contributed by atoms with E-state index in [0.29, 0.717) is 10.7 Å². The Bertz CT molecular complexity index is 856. The summed E-state index contributed by atoms with van der Waals surface area (Å²) < 4.78 is 5.47. The summed E-state index contributed by atoms with van der Waals surface area (Å²) in [6.45, 7) is -0.427. The third-order valence-electron chi connectivity index (χ3n) is 3.37. The van der Waals surface area contributed by atoms with Crippen molar-refractivity contribution in [2.75, 3.05) is 13.7 Å². The van der Waals surface area contributed by atoms with Gasteiger partial charge >= 0.3 is 5.97 Å². The highest BCUT2D eigenvalue weighted by Crippen LogP contribution is 2.34. The van der Waals surface area contributed by atoms with Gasteiger partial charge in [0.1, 0.15) is 16.6 Å². The first kappa shape index (κ1) is 15.6. The smallest absolute Gasteiger partial charge is 0.323 e. The number of nitrogens with zero attached hydrogens (tertiary/aromatic N) is 1. The minimum absolute atomic E-state index is 0.251. The molecule has 0 aliphatic carbocycles. The molecule has 0 spiro atoms. The first-order valence-electron chi connectivity index (χ1n) is 6.62. The van der Waals surface area contributed by atoms with Crippen LogP contribution >= 0.6 is 24.0 Å². The van der Waals surface area contributed by atoms with Crippen molar-refractivity contribution in [3.8, 4) is 5.75 Å². The average Bonchev–Trinajstić information content (AvgIpc) is 3.03. The van der Waals surface area contributed by atoms with E-state index >= 15 is 0 Å². The molecule has 1 saturated heterocycles. The van der Waals surface area contributed by atoms with Crippen molar-refractivity contribution in [1.82, 2.24) is 9.88 Å². The Labute approximate surface area is 141 Å². The number of aromatic amines is 1. The quantitative estimate of drug-likeness (QED) is 0.652. The van der Waals surface area contributed by atoms with Crippen molar-refractivity contribution in [3.63, 3.8) is 0 Å². The number of benzene rings is 1. The third kappa shape index (κ3) is 2.95. The molecule has 8 heteroatoms. The number of ether oxygens (including phenoxy) is 1. The highest BCUT2D eigenvalue weighted by atomic mass is 32.2. The van der Waals surface area contributed by atoms with Crippen molar-refractivity contribution in [1.29, 1.82) is 0 Å². The molecule has 0 unspecified atom stereocenters. The predicted octanol–water partition coefficient (Wildman–Crippen LogP) is 2.46. The molecule has 23 heavy (non-hydrogen) atoms. The Morgan fingerprint density at radius 2 is 2.30 bits per heavy atom. The van der Waals surface area contributed by atoms with Crippen LogP contribution in [0.4, 0.5) is 0 Å². The zero-order valence-corrected chi connectivity index (χ0v) is 13.7. The van der Waals surface area contributed by atoms with E-state index in [1.54, 1.807) is 19.4 Å². The van der Waals surface area contributed by atoms with Gasteiger partial charge in [-0.3, -0.25) is 14.5 Å². The molecule has 1 aromatic heterocycles. The fraction of sp³-hybridized carbons (Fsp3) is 0.133. The first-order chi connectivity index (χ1) is 11.0. The number of carboxylic acid groups (broad SMARTS) is 1. The van der Waals surface area contributed by atoms with Crippen LogP contribution in [-0.2, 0) is 9.59 Å². The Balaban J connectivity index is 1.97. The van der Waals surface area contributed by atoms with Gasteiger partial charge in [-0.25, -0.2) is 0 Å². The van der Waals surface area contributed by atoms with Crippen LogP contribution in [0.1, 0.15) is 5.56 Å². The van der Waals surface area contributed by atoms with Gasteiger partial charge in [-0.15, -0.1) is 0 Å². The van der Waals surface area contributed by atoms with Gasteiger partial charge < -0.3 is 14.8 Å². The van der Waals surface area contributed by atoms with E-state index in [2.05, 4.69) is 4.98 Å². The van der Waals surface area contributed by atoms with Crippen LogP contribution in [0.2, 0.25) is 0 Å². The molecule has 3 rings (SSSR count). The van der Waals surface area contributed by atoms with Crippen molar-refractivity contribution in [2.24, 2.45) is 0 Å². The molecule has 1 aliphatic rings. The monoisotopic (exact) mass is 348 g/mol. The number of carbonyl (C=O) groups excluding carboxylic acids is 1. The Morgan fingerprint density at radius 1 is 1.52 bits per heavy atom. The van der Waals surface area contributed by atoms with Crippen molar-refractivity contribution in [2.45, 2.75) is 0 Å². The molecule has 0 saturated carbocycles. The molecular weight excluding hydrogens is 336 g/mol. The summed E-state index contributed by atoms with van der Waals surface area (Å²) in [6, 6.07) is 5.60. The van der Waals surface area contributed by atoms with E-state index in [9.17, 15) is 9.59 Å². The summed E-state index contributed by atoms with van der Waals surface area (Å²) in [7, 11) is 1.59. The molecule has 6 nitrogen and oxygen atoms in total. The topological polar surface area (TPSA) is 82.6 Å². The number of fused-ring (bicyclic) bond motifs is 1. The van der Waals surface area contributed by atoms with E-state index in [0.717, 1.165) is 33.1 Å². The highest BCUT2D eigenvalue weighted by molar-refractivity contribution is 8.26. The standard InChI is InChI=1S/C15H12N2O4S2/c1-21-9-2-3-11-10(5-9)8(6-16-11)4-12-14(20)17(7-13(18)19)15(22)23-12/h2-6,16H,7H2,1H3,(H,18,19)/b12-4-. The number of thioether (sulfide) groups is 1. The maximum Gasteiger partial charge on any atom is 0.323 e. The van der Waals surface area contributed by atoms with E-state index < -0.39 is 12.5 Å². The Morgan fingerprint density at radius 3 is 3.00 bits per heavy atom. The summed E-state index contributed by atoms with van der Waals surface area (Å²) in [5.41, 5.74) is 1.73. The number of hydrogen-bond donors (Lipinski definition) is 2. The minimum Gasteiger partial charge on any atom is -0.497 e. The van der Waals surface area contributed by atoms with Crippen LogP contribution in [-0.4, -0.2) is 44.8 Å². The van der Waals surface area contributed by atoms with Gasteiger partial charge in [-0.05, 0) is 24.3 Å². The number of amides is 1. The number of hydrogen-bond acceptors (Lipinski definition) is 5. The lowest BCUT2D eigenvalue weighted by Crippen LogP contribution is -2.33. The van der Waals surface area contributed by atoms with E-state index in [1.165, 1.54) is 0 Å². The van der Waals surface area contributed by atoms with Gasteiger partial charge in [-0.2, -0.15) is 0 Å². The molecule has 118 valence electrons. The number of aromatic nitrogens is 1. The number of nitrogens with one attached hydrogen (secondary N) is 1. The summed E-state index contributed by atoms with van der Waals surface area (Å²) in [6.07, 6.45) is 3.49. The van der Waals surface area contributed by atoms with Crippen molar-refractivity contribution in [3.05, 3.63) is 34.9 Å². The molecule has 0 atom stereocenters. The predicted molar refractivity (Wildman–Crippen MR) is 92.4 cm³/mol. The average molecular weight is 348 g/mol. The van der Waals surface area contributed by atoms with Crippen LogP contribution in [0.3, 0.4) is 0 Å². The minimum atomic E-state index is -1.10. The number of H-pyrrole nitrogens is 1. The molecule has 2 N–H and O–H groups in total. The molecular formula is C15H12N2O4S2. The summed E-state index contributed by atoms with van der Waals surface area (Å²) in [5, 5.41) is 9.76. The fourth-order valence-electron chi connectivity index (χ4n) is 2.28. The number of thiocarbonyl (C=S) groups is 1. The third-order valence-corrected chi connectivity index (χ3v) is 4.75. The van der Waals surface area contributed by atoms with E-state index in [-0.39, 0.29) is 10.2 Å². The van der Waals surface area contributed by atoms with Crippen LogP contribution < -0.4 is 4.74 Å². The maximum absolute atomic E-state index is 12.3. The van der Waals surface area contributed by atoms with Gasteiger partial charge in [0.25, 0.3) is 5.91 Å². The van der Waals surface area contributed by atoms with Gasteiger partial charge in [0.15, 0.2) is 0 Å². The largest absolute Gasteiger partial charge is 0.497 e. The van der Waals surface area contributed by atoms with Crippen LogP contribution in [0, 0.1) is 0 Å². The van der Waals surface area contributed by atoms with Crippen LogP contribution in [0.5, 0.6) is 5.75 Å². The van der Waals surface area contributed by atoms with Crippen LogP contribution in [0.15, 0.2) is 29.3 Å². The lowest BCUT2D eigenvalue weighted by molar-refractivity contribution is -0.140. The van der Waals surface area contributed by atoms with Gasteiger partial charge in [0.05, 0.1) is 12.0 Å².